The van der Waals surface area contributed by atoms with Gasteiger partial charge in [0.1, 0.15) is 0 Å². The molecule has 2 N–H and O–H groups in total. The van der Waals surface area contributed by atoms with Crippen LogP contribution >= 0.6 is 0 Å². The van der Waals surface area contributed by atoms with Gasteiger partial charge in [-0.25, -0.2) is 9.97 Å². The van der Waals surface area contributed by atoms with Gasteiger partial charge in [-0.1, -0.05) is 24.3 Å². The molecule has 0 spiro atoms. The van der Waals surface area contributed by atoms with Gasteiger partial charge in [0.25, 0.3) is 0 Å². The van der Waals surface area contributed by atoms with Gasteiger partial charge in [-0.2, -0.15) is 4.52 Å². The molecule has 7 heteroatoms. The van der Waals surface area contributed by atoms with Gasteiger partial charge in [-0.15, -0.1) is 5.10 Å². The molecular weight excluding hydrogens is 340 g/mol. The number of nitrogens with zero attached hydrogens (tertiary/aromatic N) is 5. The van der Waals surface area contributed by atoms with Crippen molar-refractivity contribution >= 4 is 11.6 Å². The van der Waals surface area contributed by atoms with E-state index in [1.54, 1.807) is 10.8 Å². The van der Waals surface area contributed by atoms with Crippen LogP contribution < -0.4 is 5.73 Å². The molecule has 0 radical (unpaired) electrons. The molecule has 1 aliphatic heterocycles. The summed E-state index contributed by atoms with van der Waals surface area (Å²) in [5, 5.41) is 4.47. The lowest BCUT2D eigenvalue weighted by Gasteiger charge is -2.19. The Hall–Kier alpha value is -3.19. The van der Waals surface area contributed by atoms with Gasteiger partial charge in [0.2, 0.25) is 11.8 Å². The summed E-state index contributed by atoms with van der Waals surface area (Å²) in [6, 6.07) is 12.4. The van der Waals surface area contributed by atoms with Gasteiger partial charge in [0.15, 0.2) is 11.4 Å². The second-order valence-electron chi connectivity index (χ2n) is 6.83. The first kappa shape index (κ1) is 16.0. The number of hydrogen-bond acceptors (Lipinski definition) is 6. The van der Waals surface area contributed by atoms with Crippen LogP contribution in [0.25, 0.3) is 17.2 Å². The van der Waals surface area contributed by atoms with Crippen LogP contribution in [0.3, 0.4) is 0 Å². The van der Waals surface area contributed by atoms with Crippen LogP contribution in [-0.4, -0.2) is 37.6 Å². The second kappa shape index (κ2) is 6.51. The van der Waals surface area contributed by atoms with E-state index in [1.165, 1.54) is 11.1 Å². The fourth-order valence-electron chi connectivity index (χ4n) is 3.67. The molecular formula is C20H20N6O. The number of fused-ring (bicyclic) bond motifs is 2. The van der Waals surface area contributed by atoms with E-state index in [0.717, 1.165) is 43.7 Å². The molecule has 5 rings (SSSR count). The highest BCUT2D eigenvalue weighted by atomic mass is 16.3. The van der Waals surface area contributed by atoms with Gasteiger partial charge >= 0.3 is 0 Å². The highest BCUT2D eigenvalue weighted by Crippen LogP contribution is 2.22. The number of nitrogen functional groups attached to an aromatic ring is 1. The summed E-state index contributed by atoms with van der Waals surface area (Å²) >= 11 is 0. The maximum Gasteiger partial charge on any atom is 0.223 e. The molecule has 0 aliphatic carbocycles. The van der Waals surface area contributed by atoms with Gasteiger partial charge < -0.3 is 10.2 Å². The molecule has 0 unspecified atom stereocenters. The summed E-state index contributed by atoms with van der Waals surface area (Å²) in [5.74, 6) is 1.46. The first-order chi connectivity index (χ1) is 13.3. The van der Waals surface area contributed by atoms with Crippen LogP contribution in [0.5, 0.6) is 0 Å². The van der Waals surface area contributed by atoms with Gasteiger partial charge in [-0.05, 0) is 36.1 Å². The van der Waals surface area contributed by atoms with Crippen LogP contribution in [0.1, 0.15) is 16.7 Å². The van der Waals surface area contributed by atoms with Crippen molar-refractivity contribution in [2.75, 3.05) is 18.8 Å². The number of furan rings is 1. The third-order valence-electron chi connectivity index (χ3n) is 5.11. The average Bonchev–Trinajstić information content (AvgIpc) is 3.32. The maximum atomic E-state index is 6.01. The standard InChI is InChI=1S/C20H20N6O/c21-20-22-12-16(19-23-18(24-26(19)20)17-6-3-11-27-17)13-25-9-7-14-4-1-2-5-15(14)8-10-25/h1-6,11-12H,7-10,13H2,(H2,21,22). The molecule has 1 aromatic carbocycles. The predicted octanol–water partition coefficient (Wildman–Crippen LogP) is 2.57. The zero-order valence-corrected chi connectivity index (χ0v) is 14.9. The SMILES string of the molecule is Nc1ncc(CN2CCc3ccccc3CC2)c2nc(-c3ccco3)nn12. The molecule has 0 saturated heterocycles. The lowest BCUT2D eigenvalue weighted by Crippen LogP contribution is -2.26. The predicted molar refractivity (Wildman–Crippen MR) is 102 cm³/mol. The summed E-state index contributed by atoms with van der Waals surface area (Å²) in [5.41, 5.74) is 10.7. The smallest absolute Gasteiger partial charge is 0.223 e. The van der Waals surface area contributed by atoms with Gasteiger partial charge in [0, 0.05) is 31.4 Å². The molecule has 0 bridgehead atoms. The van der Waals surface area contributed by atoms with Crippen molar-refractivity contribution in [3.63, 3.8) is 0 Å². The van der Waals surface area contributed by atoms with Crippen molar-refractivity contribution in [2.45, 2.75) is 19.4 Å². The fourth-order valence-corrected chi connectivity index (χ4v) is 3.67. The van der Waals surface area contributed by atoms with Crippen LogP contribution in [-0.2, 0) is 19.4 Å². The Kier molecular flexibility index (Phi) is 3.86. The molecule has 4 heterocycles. The van der Waals surface area contributed by atoms with Crippen molar-refractivity contribution in [1.82, 2.24) is 24.5 Å². The third-order valence-corrected chi connectivity index (χ3v) is 5.11. The second-order valence-corrected chi connectivity index (χ2v) is 6.83. The van der Waals surface area contributed by atoms with Crippen LogP contribution in [0.2, 0.25) is 0 Å². The number of hydrogen-bond donors (Lipinski definition) is 1. The van der Waals surface area contributed by atoms with Crippen LogP contribution in [0.15, 0.2) is 53.3 Å². The first-order valence-electron chi connectivity index (χ1n) is 9.11. The Morgan fingerprint density at radius 2 is 1.81 bits per heavy atom. The Balaban J connectivity index is 1.44. The van der Waals surface area contributed by atoms with E-state index in [9.17, 15) is 0 Å². The lowest BCUT2D eigenvalue weighted by atomic mass is 10.0. The van der Waals surface area contributed by atoms with E-state index in [-0.39, 0.29) is 0 Å². The van der Waals surface area contributed by atoms with Crippen molar-refractivity contribution in [1.29, 1.82) is 0 Å². The number of anilines is 1. The fraction of sp³-hybridized carbons (Fsp3) is 0.250. The van der Waals surface area contributed by atoms with Gasteiger partial charge in [-0.3, -0.25) is 4.90 Å². The van der Waals surface area contributed by atoms with Crippen molar-refractivity contribution < 1.29 is 4.42 Å². The normalized spacial score (nSPS) is 15.0. The average molecular weight is 360 g/mol. The highest BCUT2D eigenvalue weighted by molar-refractivity contribution is 5.57. The minimum absolute atomic E-state index is 0.322. The molecule has 136 valence electrons. The summed E-state index contributed by atoms with van der Waals surface area (Å²) in [7, 11) is 0. The Morgan fingerprint density at radius 3 is 2.52 bits per heavy atom. The molecule has 3 aromatic heterocycles. The third kappa shape index (κ3) is 2.96. The molecule has 0 saturated carbocycles. The zero-order valence-electron chi connectivity index (χ0n) is 14.9. The van der Waals surface area contributed by atoms with Crippen LogP contribution in [0, 0.1) is 0 Å². The monoisotopic (exact) mass is 360 g/mol. The summed E-state index contributed by atoms with van der Waals surface area (Å²) in [6.07, 6.45) is 5.53. The minimum Gasteiger partial charge on any atom is -0.461 e. The number of aromatic nitrogens is 4. The number of benzene rings is 1. The zero-order chi connectivity index (χ0) is 18.2. The van der Waals surface area contributed by atoms with Crippen molar-refractivity contribution in [3.05, 3.63) is 65.5 Å². The Labute approximate surface area is 156 Å². The van der Waals surface area contributed by atoms with E-state index in [4.69, 9.17) is 10.2 Å². The van der Waals surface area contributed by atoms with Crippen molar-refractivity contribution in [2.24, 2.45) is 0 Å². The molecule has 4 aromatic rings. The Bertz CT molecular complexity index is 1060. The van der Waals surface area contributed by atoms with E-state index in [0.29, 0.717) is 17.5 Å². The summed E-state index contributed by atoms with van der Waals surface area (Å²) in [4.78, 5) is 11.4. The maximum absolute atomic E-state index is 6.01. The summed E-state index contributed by atoms with van der Waals surface area (Å²) < 4.78 is 7.02. The molecule has 1 aliphatic rings. The molecule has 0 amide bonds. The quantitative estimate of drug-likeness (QED) is 0.604. The van der Waals surface area contributed by atoms with E-state index in [1.807, 2.05) is 18.3 Å². The molecule has 0 fully saturated rings. The lowest BCUT2D eigenvalue weighted by molar-refractivity contribution is 0.279. The molecule has 27 heavy (non-hydrogen) atoms. The van der Waals surface area contributed by atoms with Gasteiger partial charge in [0.05, 0.1) is 6.26 Å². The summed E-state index contributed by atoms with van der Waals surface area (Å²) in [6.45, 7) is 2.78. The largest absolute Gasteiger partial charge is 0.461 e. The molecule has 0 atom stereocenters. The first-order valence-corrected chi connectivity index (χ1v) is 9.11. The minimum atomic E-state index is 0.322. The highest BCUT2D eigenvalue weighted by Gasteiger charge is 2.18. The van der Waals surface area contributed by atoms with Crippen molar-refractivity contribution in [3.8, 4) is 11.6 Å². The van der Waals surface area contributed by atoms with E-state index < -0.39 is 0 Å². The van der Waals surface area contributed by atoms with E-state index in [2.05, 4.69) is 44.2 Å². The van der Waals surface area contributed by atoms with E-state index >= 15 is 0 Å². The van der Waals surface area contributed by atoms with Crippen LogP contribution in [0.4, 0.5) is 5.95 Å². The molecule has 7 nitrogen and oxygen atoms in total. The number of rotatable bonds is 3. The topological polar surface area (TPSA) is 85.5 Å². The Morgan fingerprint density at radius 1 is 1.04 bits per heavy atom. The number of nitrogens with two attached hydrogens (primary N) is 1.